The van der Waals surface area contributed by atoms with Crippen molar-refractivity contribution in [2.75, 3.05) is 26.2 Å². The van der Waals surface area contributed by atoms with Gasteiger partial charge >= 0.3 is 5.97 Å². The molecule has 0 amide bonds. The van der Waals surface area contributed by atoms with E-state index >= 15 is 0 Å². The summed E-state index contributed by atoms with van der Waals surface area (Å²) in [5, 5.41) is 0. The zero-order valence-electron chi connectivity index (χ0n) is 12.1. The van der Waals surface area contributed by atoms with Crippen molar-refractivity contribution < 1.29 is 9.53 Å². The molecule has 1 heterocycles. The lowest BCUT2D eigenvalue weighted by molar-refractivity contribution is -0.138. The van der Waals surface area contributed by atoms with Crippen LogP contribution in [0.4, 0.5) is 0 Å². The van der Waals surface area contributed by atoms with Crippen LogP contribution in [0, 0.1) is 5.41 Å². The van der Waals surface area contributed by atoms with Crippen LogP contribution in [0.3, 0.4) is 0 Å². The van der Waals surface area contributed by atoms with E-state index in [1.165, 1.54) is 25.7 Å². The van der Waals surface area contributed by atoms with Crippen molar-refractivity contribution >= 4 is 5.97 Å². The van der Waals surface area contributed by atoms with Crippen LogP contribution in [-0.2, 0) is 9.53 Å². The summed E-state index contributed by atoms with van der Waals surface area (Å²) in [6.07, 6.45) is 4.98. The van der Waals surface area contributed by atoms with Crippen LogP contribution in [0.2, 0.25) is 0 Å². The number of ether oxygens (including phenoxy) is 1. The molecule has 1 fully saturated rings. The number of rotatable bonds is 6. The first-order valence-corrected chi connectivity index (χ1v) is 7.14. The van der Waals surface area contributed by atoms with Crippen LogP contribution in [0.5, 0.6) is 0 Å². The minimum Gasteiger partial charge on any atom is -0.463 e. The Morgan fingerprint density at radius 2 is 1.78 bits per heavy atom. The molecule has 1 aliphatic rings. The molecule has 104 valence electrons. The van der Waals surface area contributed by atoms with E-state index in [2.05, 4.69) is 25.3 Å². The van der Waals surface area contributed by atoms with Crippen LogP contribution in [0.25, 0.3) is 0 Å². The molecule has 0 aromatic carbocycles. The quantitative estimate of drug-likeness (QED) is 0.538. The fourth-order valence-corrected chi connectivity index (χ4v) is 2.71. The lowest BCUT2D eigenvalue weighted by Gasteiger charge is -2.41. The van der Waals surface area contributed by atoms with E-state index in [1.807, 2.05) is 6.92 Å². The van der Waals surface area contributed by atoms with Crippen molar-refractivity contribution in [3.05, 3.63) is 12.2 Å². The molecule has 0 atom stereocenters. The van der Waals surface area contributed by atoms with Gasteiger partial charge in [0.1, 0.15) is 0 Å². The van der Waals surface area contributed by atoms with Gasteiger partial charge in [-0.05, 0) is 38.3 Å². The fraction of sp³-hybridized carbons (Fsp3) is 0.800. The first kappa shape index (κ1) is 15.2. The maximum Gasteiger partial charge on any atom is 0.334 e. The molecule has 0 unspecified atom stereocenters. The van der Waals surface area contributed by atoms with Crippen molar-refractivity contribution in [3.8, 4) is 0 Å². The van der Waals surface area contributed by atoms with Crippen LogP contribution in [0.1, 0.15) is 46.5 Å². The van der Waals surface area contributed by atoms with Crippen molar-refractivity contribution in [2.24, 2.45) is 5.41 Å². The molecular formula is C15H27NO2. The highest BCUT2D eigenvalue weighted by Gasteiger charge is 2.31. The second-order valence-corrected chi connectivity index (χ2v) is 5.31. The summed E-state index contributed by atoms with van der Waals surface area (Å²) in [6.45, 7) is 13.4. The summed E-state index contributed by atoms with van der Waals surface area (Å²) in [4.78, 5) is 13.8. The van der Waals surface area contributed by atoms with Crippen LogP contribution < -0.4 is 0 Å². The summed E-state index contributed by atoms with van der Waals surface area (Å²) in [5.41, 5.74) is 1.11. The Bertz CT molecular complexity index is 285. The van der Waals surface area contributed by atoms with Gasteiger partial charge in [-0.3, -0.25) is 4.90 Å². The van der Waals surface area contributed by atoms with Crippen molar-refractivity contribution in [1.82, 2.24) is 4.90 Å². The second kappa shape index (κ2) is 6.93. The molecule has 1 rings (SSSR count). The highest BCUT2D eigenvalue weighted by molar-refractivity contribution is 5.88. The van der Waals surface area contributed by atoms with Crippen molar-refractivity contribution in [2.45, 2.75) is 46.5 Å². The molecule has 0 spiro atoms. The third-order valence-electron chi connectivity index (χ3n) is 4.40. The predicted octanol–water partition coefficient (Wildman–Crippen LogP) is 3.01. The number of carbonyl (C=O) groups is 1. The summed E-state index contributed by atoms with van der Waals surface area (Å²) in [7, 11) is 0. The number of esters is 1. The Morgan fingerprint density at radius 3 is 2.22 bits per heavy atom. The standard InChI is InChI=1S/C15H27NO2/c1-5-15(6-2)8-10-16(11-9-15)12-13(4)14(17)18-7-3/h4-12H2,1-3H3. The SMILES string of the molecule is C=C(CN1CCC(CC)(CC)CC1)C(=O)OCC. The molecule has 0 N–H and O–H groups in total. The first-order valence-electron chi connectivity index (χ1n) is 7.14. The normalized spacial score (nSPS) is 19.5. The number of piperidine rings is 1. The van der Waals surface area contributed by atoms with E-state index in [9.17, 15) is 4.79 Å². The molecule has 1 aliphatic heterocycles. The predicted molar refractivity (Wildman–Crippen MR) is 74.5 cm³/mol. The van der Waals surface area contributed by atoms with Crippen molar-refractivity contribution in [1.29, 1.82) is 0 Å². The van der Waals surface area contributed by atoms with E-state index in [0.29, 0.717) is 24.1 Å². The minimum atomic E-state index is -0.250. The maximum atomic E-state index is 11.5. The van der Waals surface area contributed by atoms with E-state index in [-0.39, 0.29) is 5.97 Å². The number of hydrogen-bond acceptors (Lipinski definition) is 3. The Labute approximate surface area is 111 Å². The van der Waals surface area contributed by atoms with E-state index in [4.69, 9.17) is 4.74 Å². The molecule has 1 saturated heterocycles. The smallest absolute Gasteiger partial charge is 0.334 e. The third-order valence-corrected chi connectivity index (χ3v) is 4.40. The van der Waals surface area contributed by atoms with Crippen LogP contribution in [0.15, 0.2) is 12.2 Å². The van der Waals surface area contributed by atoms with Gasteiger partial charge in [-0.25, -0.2) is 4.79 Å². The first-order chi connectivity index (χ1) is 8.56. The average Bonchev–Trinajstić information content (AvgIpc) is 2.40. The monoisotopic (exact) mass is 253 g/mol. The topological polar surface area (TPSA) is 29.5 Å². The van der Waals surface area contributed by atoms with E-state index in [1.54, 1.807) is 0 Å². The lowest BCUT2D eigenvalue weighted by Crippen LogP contribution is -2.41. The number of nitrogens with zero attached hydrogens (tertiary/aromatic N) is 1. The zero-order valence-corrected chi connectivity index (χ0v) is 12.1. The summed E-state index contributed by atoms with van der Waals surface area (Å²) in [6, 6.07) is 0. The van der Waals surface area contributed by atoms with Gasteiger partial charge in [0.15, 0.2) is 0 Å². The van der Waals surface area contributed by atoms with Gasteiger partial charge in [0.25, 0.3) is 0 Å². The Hall–Kier alpha value is -0.830. The second-order valence-electron chi connectivity index (χ2n) is 5.31. The summed E-state index contributed by atoms with van der Waals surface area (Å²) >= 11 is 0. The van der Waals surface area contributed by atoms with Gasteiger partial charge in [-0.2, -0.15) is 0 Å². The largest absolute Gasteiger partial charge is 0.463 e. The molecule has 0 saturated carbocycles. The molecule has 3 nitrogen and oxygen atoms in total. The molecular weight excluding hydrogens is 226 g/mol. The van der Waals surface area contributed by atoms with E-state index < -0.39 is 0 Å². The van der Waals surface area contributed by atoms with Gasteiger partial charge in [0.05, 0.1) is 6.61 Å². The van der Waals surface area contributed by atoms with Gasteiger partial charge in [-0.15, -0.1) is 0 Å². The molecule has 0 aliphatic carbocycles. The van der Waals surface area contributed by atoms with Gasteiger partial charge in [0.2, 0.25) is 0 Å². The van der Waals surface area contributed by atoms with Gasteiger partial charge < -0.3 is 4.74 Å². The summed E-state index contributed by atoms with van der Waals surface area (Å²) < 4.78 is 4.96. The fourth-order valence-electron chi connectivity index (χ4n) is 2.71. The maximum absolute atomic E-state index is 11.5. The Balaban J connectivity index is 2.40. The Kier molecular flexibility index (Phi) is 5.86. The molecule has 18 heavy (non-hydrogen) atoms. The molecule has 3 heteroatoms. The number of carbonyl (C=O) groups excluding carboxylic acids is 1. The number of likely N-dealkylation sites (tertiary alicyclic amines) is 1. The zero-order chi connectivity index (χ0) is 13.6. The minimum absolute atomic E-state index is 0.250. The lowest BCUT2D eigenvalue weighted by atomic mass is 9.74. The van der Waals surface area contributed by atoms with Gasteiger partial charge in [0, 0.05) is 12.1 Å². The van der Waals surface area contributed by atoms with Crippen LogP contribution in [-0.4, -0.2) is 37.1 Å². The highest BCUT2D eigenvalue weighted by Crippen LogP contribution is 2.37. The van der Waals surface area contributed by atoms with Crippen LogP contribution >= 0.6 is 0 Å². The molecule has 0 bridgehead atoms. The Morgan fingerprint density at radius 1 is 1.22 bits per heavy atom. The average molecular weight is 253 g/mol. The molecule has 0 aromatic rings. The summed E-state index contributed by atoms with van der Waals surface area (Å²) in [5.74, 6) is -0.250. The van der Waals surface area contributed by atoms with E-state index in [0.717, 1.165) is 13.1 Å². The van der Waals surface area contributed by atoms with Gasteiger partial charge in [-0.1, -0.05) is 33.3 Å². The van der Waals surface area contributed by atoms with Crippen molar-refractivity contribution in [3.63, 3.8) is 0 Å². The third kappa shape index (κ3) is 3.84. The molecule has 0 radical (unpaired) electrons. The number of hydrogen-bond donors (Lipinski definition) is 0. The highest BCUT2D eigenvalue weighted by atomic mass is 16.5. The molecule has 0 aromatic heterocycles.